The van der Waals surface area contributed by atoms with Gasteiger partial charge in [-0.25, -0.2) is 0 Å². The zero-order valence-corrected chi connectivity index (χ0v) is 21.8. The molecule has 1 aliphatic heterocycles. The molecule has 1 aliphatic rings. The number of hydrogen-bond acceptors (Lipinski definition) is 4. The van der Waals surface area contributed by atoms with Crippen molar-refractivity contribution in [2.24, 2.45) is 0 Å². The smallest absolute Gasteiger partial charge is 0.223 e. The Morgan fingerprint density at radius 3 is 2.54 bits per heavy atom. The molecule has 1 saturated heterocycles. The molecule has 0 saturated carbocycles. The van der Waals surface area contributed by atoms with Gasteiger partial charge in [-0.2, -0.15) is 0 Å². The number of amides is 2. The molecular weight excluding hydrogens is 462 g/mol. The Morgan fingerprint density at radius 1 is 0.973 bits per heavy atom. The quantitative estimate of drug-likeness (QED) is 0.433. The van der Waals surface area contributed by atoms with Gasteiger partial charge in [-0.3, -0.25) is 9.59 Å². The van der Waals surface area contributed by atoms with Crippen LogP contribution in [0.5, 0.6) is 11.5 Å². The van der Waals surface area contributed by atoms with Crippen LogP contribution in [-0.4, -0.2) is 48.9 Å². The average Bonchev–Trinajstić information content (AvgIpc) is 2.90. The predicted octanol–water partition coefficient (Wildman–Crippen LogP) is 4.44. The molecule has 1 atom stereocenters. The van der Waals surface area contributed by atoms with E-state index in [0.29, 0.717) is 25.8 Å². The number of carbonyl (C=O) groups excluding carboxylic acids is 2. The van der Waals surface area contributed by atoms with Crippen molar-refractivity contribution in [1.82, 2.24) is 15.5 Å². The van der Waals surface area contributed by atoms with E-state index in [-0.39, 0.29) is 17.9 Å². The van der Waals surface area contributed by atoms with Crippen molar-refractivity contribution < 1.29 is 14.3 Å². The Bertz CT molecular complexity index is 1200. The van der Waals surface area contributed by atoms with Crippen LogP contribution in [-0.2, 0) is 28.9 Å². The summed E-state index contributed by atoms with van der Waals surface area (Å²) >= 11 is 0. The van der Waals surface area contributed by atoms with Crippen LogP contribution in [0.3, 0.4) is 0 Å². The number of nitrogens with one attached hydrogen (secondary N) is 2. The summed E-state index contributed by atoms with van der Waals surface area (Å²) in [5, 5.41) is 6.29. The van der Waals surface area contributed by atoms with Crippen LogP contribution in [0.15, 0.2) is 72.8 Å². The highest BCUT2D eigenvalue weighted by Gasteiger charge is 2.26. The van der Waals surface area contributed by atoms with Gasteiger partial charge in [0.1, 0.15) is 11.5 Å². The fraction of sp³-hybridized carbons (Fsp3) is 0.355. The SMILES string of the molecule is CC(=O)NCCc1ccccc1Oc1ccc(C)cc1CCC(=O)N1CCNC[C@H]1Cc1ccccc1. The summed E-state index contributed by atoms with van der Waals surface area (Å²) in [6.45, 7) is 6.50. The number of benzene rings is 3. The Labute approximate surface area is 220 Å². The van der Waals surface area contributed by atoms with Gasteiger partial charge >= 0.3 is 0 Å². The first-order valence-corrected chi connectivity index (χ1v) is 13.1. The minimum atomic E-state index is -0.0422. The topological polar surface area (TPSA) is 70.7 Å². The lowest BCUT2D eigenvalue weighted by Crippen LogP contribution is -2.54. The number of hydrogen-bond donors (Lipinski definition) is 2. The van der Waals surface area contributed by atoms with Gasteiger partial charge in [0.05, 0.1) is 0 Å². The first-order valence-electron chi connectivity index (χ1n) is 13.1. The van der Waals surface area contributed by atoms with Crippen molar-refractivity contribution in [2.75, 3.05) is 26.2 Å². The fourth-order valence-corrected chi connectivity index (χ4v) is 4.85. The van der Waals surface area contributed by atoms with Crippen LogP contribution >= 0.6 is 0 Å². The van der Waals surface area contributed by atoms with Crippen molar-refractivity contribution in [3.8, 4) is 11.5 Å². The molecule has 0 aliphatic carbocycles. The Balaban J connectivity index is 1.43. The van der Waals surface area contributed by atoms with E-state index >= 15 is 0 Å². The lowest BCUT2D eigenvalue weighted by molar-refractivity contribution is -0.134. The van der Waals surface area contributed by atoms with E-state index in [4.69, 9.17) is 4.74 Å². The van der Waals surface area contributed by atoms with Gasteiger partial charge in [0.15, 0.2) is 0 Å². The van der Waals surface area contributed by atoms with E-state index in [1.807, 2.05) is 42.5 Å². The lowest BCUT2D eigenvalue weighted by atomic mass is 10.0. The lowest BCUT2D eigenvalue weighted by Gasteiger charge is -2.36. The summed E-state index contributed by atoms with van der Waals surface area (Å²) in [7, 11) is 0. The minimum Gasteiger partial charge on any atom is -0.457 e. The molecule has 6 heteroatoms. The summed E-state index contributed by atoms with van der Waals surface area (Å²) in [6, 6.07) is 24.6. The monoisotopic (exact) mass is 499 g/mol. The number of carbonyl (C=O) groups is 2. The van der Waals surface area contributed by atoms with Crippen molar-refractivity contribution in [3.05, 3.63) is 95.1 Å². The highest BCUT2D eigenvalue weighted by Crippen LogP contribution is 2.30. The first-order chi connectivity index (χ1) is 18.0. The van der Waals surface area contributed by atoms with Crippen LogP contribution in [0.4, 0.5) is 0 Å². The summed E-state index contributed by atoms with van der Waals surface area (Å²) in [4.78, 5) is 26.7. The van der Waals surface area contributed by atoms with Gasteiger partial charge in [-0.05, 0) is 55.0 Å². The standard InChI is InChI=1S/C31H37N3O3/c1-23-12-14-30(37-29-11-7-6-10-26(29)16-17-33-24(2)35)27(20-23)13-15-31(36)34-19-18-32-22-28(34)21-25-8-4-3-5-9-25/h3-12,14,20,28,32H,13,15-19,21-22H2,1-2H3,(H,33,35)/t28-/m1/s1. The number of piperazine rings is 1. The molecule has 0 radical (unpaired) electrons. The van der Waals surface area contributed by atoms with Gasteiger partial charge < -0.3 is 20.3 Å². The van der Waals surface area contributed by atoms with Gasteiger partial charge in [0.2, 0.25) is 11.8 Å². The van der Waals surface area contributed by atoms with Gasteiger partial charge in [0.25, 0.3) is 0 Å². The molecule has 0 aromatic heterocycles. The molecule has 194 valence electrons. The second kappa shape index (κ2) is 13.1. The van der Waals surface area contributed by atoms with Gasteiger partial charge in [-0.1, -0.05) is 66.2 Å². The van der Waals surface area contributed by atoms with E-state index in [9.17, 15) is 9.59 Å². The molecule has 0 unspecified atom stereocenters. The zero-order valence-electron chi connectivity index (χ0n) is 21.8. The largest absolute Gasteiger partial charge is 0.457 e. The third kappa shape index (κ3) is 7.67. The van der Waals surface area contributed by atoms with E-state index in [1.54, 1.807) is 0 Å². The number of nitrogens with zero attached hydrogens (tertiary/aromatic N) is 1. The number of para-hydroxylation sites is 1. The Kier molecular flexibility index (Phi) is 9.33. The second-order valence-electron chi connectivity index (χ2n) is 9.69. The van der Waals surface area contributed by atoms with Crippen molar-refractivity contribution in [2.45, 2.75) is 45.6 Å². The molecule has 37 heavy (non-hydrogen) atoms. The molecule has 3 aromatic carbocycles. The molecule has 2 N–H and O–H groups in total. The number of ether oxygens (including phenoxy) is 1. The van der Waals surface area contributed by atoms with Gasteiger partial charge in [-0.15, -0.1) is 0 Å². The molecule has 3 aromatic rings. The maximum atomic E-state index is 13.4. The molecule has 1 fully saturated rings. The summed E-state index contributed by atoms with van der Waals surface area (Å²) < 4.78 is 6.38. The van der Waals surface area contributed by atoms with E-state index in [0.717, 1.165) is 54.2 Å². The van der Waals surface area contributed by atoms with Crippen molar-refractivity contribution in [3.63, 3.8) is 0 Å². The van der Waals surface area contributed by atoms with Crippen LogP contribution < -0.4 is 15.4 Å². The molecule has 1 heterocycles. The highest BCUT2D eigenvalue weighted by molar-refractivity contribution is 5.77. The number of rotatable bonds is 10. The summed E-state index contributed by atoms with van der Waals surface area (Å²) in [5.74, 6) is 1.69. The molecule has 6 nitrogen and oxygen atoms in total. The minimum absolute atomic E-state index is 0.0422. The van der Waals surface area contributed by atoms with Crippen LogP contribution in [0.25, 0.3) is 0 Å². The van der Waals surface area contributed by atoms with E-state index in [2.05, 4.69) is 52.8 Å². The molecule has 4 rings (SSSR count). The average molecular weight is 500 g/mol. The third-order valence-electron chi connectivity index (χ3n) is 6.77. The zero-order chi connectivity index (χ0) is 26.0. The van der Waals surface area contributed by atoms with Gasteiger partial charge in [0, 0.05) is 45.6 Å². The fourth-order valence-electron chi connectivity index (χ4n) is 4.85. The second-order valence-corrected chi connectivity index (χ2v) is 9.69. The molecule has 2 amide bonds. The summed E-state index contributed by atoms with van der Waals surface area (Å²) in [6.07, 6.45) is 2.59. The number of aryl methyl sites for hydroxylation is 2. The van der Waals surface area contributed by atoms with Crippen LogP contribution in [0.2, 0.25) is 0 Å². The van der Waals surface area contributed by atoms with Crippen LogP contribution in [0.1, 0.15) is 35.6 Å². The predicted molar refractivity (Wildman–Crippen MR) is 147 cm³/mol. The third-order valence-corrected chi connectivity index (χ3v) is 6.77. The van der Waals surface area contributed by atoms with Crippen molar-refractivity contribution in [1.29, 1.82) is 0 Å². The molecule has 0 spiro atoms. The normalized spacial score (nSPS) is 15.3. The van der Waals surface area contributed by atoms with Crippen LogP contribution in [0, 0.1) is 6.92 Å². The van der Waals surface area contributed by atoms with E-state index < -0.39 is 0 Å². The maximum absolute atomic E-state index is 13.4. The molecular formula is C31H37N3O3. The Hall–Kier alpha value is -3.64. The molecule has 0 bridgehead atoms. The Morgan fingerprint density at radius 2 is 1.73 bits per heavy atom. The van der Waals surface area contributed by atoms with E-state index in [1.165, 1.54) is 12.5 Å². The maximum Gasteiger partial charge on any atom is 0.223 e. The first kappa shape index (κ1) is 26.4. The highest BCUT2D eigenvalue weighted by atomic mass is 16.5. The summed E-state index contributed by atoms with van der Waals surface area (Å²) in [5.41, 5.74) is 4.45. The van der Waals surface area contributed by atoms with Crippen molar-refractivity contribution >= 4 is 11.8 Å².